The Morgan fingerprint density at radius 2 is 2.07 bits per heavy atom. The van der Waals surface area contributed by atoms with E-state index in [1.54, 1.807) is 22.7 Å². The van der Waals surface area contributed by atoms with Gasteiger partial charge in [-0.05, 0) is 43.3 Å². The van der Waals surface area contributed by atoms with E-state index in [0.717, 1.165) is 10.6 Å². The van der Waals surface area contributed by atoms with E-state index >= 15 is 0 Å². The molecule has 9 heteroatoms. The maximum absolute atomic E-state index is 13.4. The third kappa shape index (κ3) is 3.24. The summed E-state index contributed by atoms with van der Waals surface area (Å²) < 4.78 is 20.4. The molecule has 0 atom stereocenters. The number of hydrogen-bond acceptors (Lipinski definition) is 6. The Morgan fingerprint density at radius 1 is 1.22 bits per heavy atom. The van der Waals surface area contributed by atoms with Gasteiger partial charge < -0.3 is 10.1 Å². The molecular weight excluding hydrogens is 369 g/mol. The highest BCUT2D eigenvalue weighted by atomic mass is 32.1. The van der Waals surface area contributed by atoms with Crippen LogP contribution >= 0.6 is 11.3 Å². The van der Waals surface area contributed by atoms with Gasteiger partial charge in [-0.3, -0.25) is 4.79 Å². The molecule has 0 aliphatic rings. The second-order valence-corrected chi connectivity index (χ2v) is 6.68. The molecule has 0 spiro atoms. The van der Waals surface area contributed by atoms with Gasteiger partial charge in [0.05, 0.1) is 12.8 Å². The zero-order valence-electron chi connectivity index (χ0n) is 14.4. The number of aryl methyl sites for hydroxylation is 1. The predicted octanol–water partition coefficient (Wildman–Crippen LogP) is 3.56. The van der Waals surface area contributed by atoms with E-state index in [-0.39, 0.29) is 5.56 Å². The third-order valence-corrected chi connectivity index (χ3v) is 4.88. The van der Waals surface area contributed by atoms with E-state index in [2.05, 4.69) is 20.6 Å². The molecular formula is C18H14FN5O2S. The minimum Gasteiger partial charge on any atom is -0.495 e. The molecule has 0 saturated heterocycles. The van der Waals surface area contributed by atoms with Crippen LogP contribution in [-0.4, -0.2) is 32.8 Å². The molecule has 1 amide bonds. The second kappa shape index (κ2) is 6.76. The van der Waals surface area contributed by atoms with Crippen LogP contribution in [0.3, 0.4) is 0 Å². The number of rotatable bonds is 4. The molecule has 0 aliphatic carbocycles. The van der Waals surface area contributed by atoms with Crippen LogP contribution in [0, 0.1) is 12.7 Å². The predicted molar refractivity (Wildman–Crippen MR) is 99.7 cm³/mol. The van der Waals surface area contributed by atoms with Crippen LogP contribution in [0.2, 0.25) is 0 Å². The highest BCUT2D eigenvalue weighted by Crippen LogP contribution is 2.33. The number of amides is 1. The van der Waals surface area contributed by atoms with E-state index in [4.69, 9.17) is 4.74 Å². The van der Waals surface area contributed by atoms with E-state index in [9.17, 15) is 9.18 Å². The first-order valence-corrected chi connectivity index (χ1v) is 8.81. The van der Waals surface area contributed by atoms with Crippen LogP contribution < -0.4 is 10.1 Å². The number of halogens is 1. The molecule has 1 N–H and O–H groups in total. The first-order chi connectivity index (χ1) is 13.0. The zero-order valence-corrected chi connectivity index (χ0v) is 15.2. The average Bonchev–Trinajstić information content (AvgIpc) is 3.24. The summed E-state index contributed by atoms with van der Waals surface area (Å²) in [5.41, 5.74) is 1.48. The van der Waals surface area contributed by atoms with Crippen LogP contribution in [0.5, 0.6) is 5.75 Å². The first kappa shape index (κ1) is 17.1. The van der Waals surface area contributed by atoms with Gasteiger partial charge in [0, 0.05) is 11.1 Å². The molecule has 2 heterocycles. The number of aromatic nitrogens is 4. The Bertz CT molecular complexity index is 1150. The molecule has 0 radical (unpaired) electrons. The monoisotopic (exact) mass is 383 g/mol. The minimum absolute atomic E-state index is 0.219. The van der Waals surface area contributed by atoms with E-state index in [1.165, 1.54) is 36.6 Å². The molecule has 4 aromatic rings. The second-order valence-electron chi connectivity index (χ2n) is 5.73. The Labute approximate surface area is 157 Å². The molecule has 2 aromatic carbocycles. The zero-order chi connectivity index (χ0) is 19.0. The molecule has 4 rings (SSSR count). The summed E-state index contributed by atoms with van der Waals surface area (Å²) in [6.45, 7) is 1.82. The number of anilines is 1. The molecule has 0 saturated carbocycles. The molecule has 0 fully saturated rings. The lowest BCUT2D eigenvalue weighted by Crippen LogP contribution is -2.13. The third-order valence-electron chi connectivity index (χ3n) is 3.93. The van der Waals surface area contributed by atoms with E-state index in [0.29, 0.717) is 22.2 Å². The Balaban J connectivity index is 1.69. The van der Waals surface area contributed by atoms with Crippen molar-refractivity contribution in [3.63, 3.8) is 0 Å². The van der Waals surface area contributed by atoms with Gasteiger partial charge in [0.2, 0.25) is 4.96 Å². The smallest absolute Gasteiger partial charge is 0.255 e. The number of ether oxygens (including phenoxy) is 1. The van der Waals surface area contributed by atoms with Crippen molar-refractivity contribution in [1.29, 1.82) is 0 Å². The van der Waals surface area contributed by atoms with Crippen molar-refractivity contribution in [2.24, 2.45) is 0 Å². The quantitative estimate of drug-likeness (QED) is 0.583. The van der Waals surface area contributed by atoms with Gasteiger partial charge >= 0.3 is 0 Å². The molecule has 0 bridgehead atoms. The number of methoxy groups -OCH3 is 1. The number of benzene rings is 2. The average molecular weight is 383 g/mol. The summed E-state index contributed by atoms with van der Waals surface area (Å²) in [7, 11) is 1.51. The fourth-order valence-corrected chi connectivity index (χ4v) is 3.48. The lowest BCUT2D eigenvalue weighted by atomic mass is 10.1. The first-order valence-electron chi connectivity index (χ1n) is 7.99. The van der Waals surface area contributed by atoms with Gasteiger partial charge in [-0.2, -0.15) is 9.61 Å². The van der Waals surface area contributed by atoms with Crippen LogP contribution in [0.15, 0.2) is 42.5 Å². The van der Waals surface area contributed by atoms with Crippen molar-refractivity contribution in [2.75, 3.05) is 12.4 Å². The van der Waals surface area contributed by atoms with Crippen LogP contribution in [0.25, 0.3) is 15.5 Å². The van der Waals surface area contributed by atoms with Crippen molar-refractivity contribution in [3.05, 3.63) is 59.7 Å². The maximum Gasteiger partial charge on any atom is 0.255 e. The van der Waals surface area contributed by atoms with Crippen molar-refractivity contribution in [1.82, 2.24) is 19.8 Å². The van der Waals surface area contributed by atoms with Gasteiger partial charge in [-0.25, -0.2) is 4.39 Å². The summed E-state index contributed by atoms with van der Waals surface area (Å²) in [6.07, 6.45) is 0. The lowest BCUT2D eigenvalue weighted by molar-refractivity contribution is 0.102. The number of fused-ring (bicyclic) bond motifs is 1. The molecule has 2 aromatic heterocycles. The number of hydrogen-bond donors (Lipinski definition) is 1. The van der Waals surface area contributed by atoms with Gasteiger partial charge in [-0.1, -0.05) is 17.4 Å². The van der Waals surface area contributed by atoms with Gasteiger partial charge in [-0.15, -0.1) is 10.2 Å². The standard InChI is InChI=1S/C18H14FN5O2S/c1-10-21-22-18-24(10)23-17(27-18)12-6-7-15(26-2)14(9-12)20-16(25)11-4-3-5-13(19)8-11/h3-9H,1-2H3,(H,20,25). The molecule has 0 aliphatic heterocycles. The van der Waals surface area contributed by atoms with E-state index in [1.807, 2.05) is 13.0 Å². The number of carbonyl (C=O) groups excluding carboxylic acids is 1. The highest BCUT2D eigenvalue weighted by Gasteiger charge is 2.15. The largest absolute Gasteiger partial charge is 0.495 e. The van der Waals surface area contributed by atoms with Gasteiger partial charge in [0.1, 0.15) is 16.6 Å². The van der Waals surface area contributed by atoms with Crippen molar-refractivity contribution in [2.45, 2.75) is 6.92 Å². The van der Waals surface area contributed by atoms with Crippen molar-refractivity contribution in [3.8, 4) is 16.3 Å². The van der Waals surface area contributed by atoms with Gasteiger partial charge in [0.15, 0.2) is 5.82 Å². The Hall–Kier alpha value is -3.33. The maximum atomic E-state index is 13.4. The van der Waals surface area contributed by atoms with E-state index < -0.39 is 11.7 Å². The summed E-state index contributed by atoms with van der Waals surface area (Å²) in [5.74, 6) is 0.278. The lowest BCUT2D eigenvalue weighted by Gasteiger charge is -2.11. The molecule has 136 valence electrons. The topological polar surface area (TPSA) is 81.4 Å². The number of nitrogens with zero attached hydrogens (tertiary/aromatic N) is 4. The summed E-state index contributed by atoms with van der Waals surface area (Å²) in [4.78, 5) is 13.1. The summed E-state index contributed by atoms with van der Waals surface area (Å²) in [6, 6.07) is 10.8. The molecule has 0 unspecified atom stereocenters. The fourth-order valence-electron chi connectivity index (χ4n) is 2.59. The summed E-state index contributed by atoms with van der Waals surface area (Å²) in [5, 5.41) is 16.0. The Morgan fingerprint density at radius 3 is 2.81 bits per heavy atom. The Kier molecular flexibility index (Phi) is 4.28. The fraction of sp³-hybridized carbons (Fsp3) is 0.111. The number of nitrogens with one attached hydrogen (secondary N) is 1. The highest BCUT2D eigenvalue weighted by molar-refractivity contribution is 7.19. The van der Waals surface area contributed by atoms with Crippen LogP contribution in [-0.2, 0) is 0 Å². The van der Waals surface area contributed by atoms with Crippen LogP contribution in [0.1, 0.15) is 16.2 Å². The normalized spacial score (nSPS) is 10.9. The molecule has 7 nitrogen and oxygen atoms in total. The van der Waals surface area contributed by atoms with Crippen molar-refractivity contribution < 1.29 is 13.9 Å². The molecule has 27 heavy (non-hydrogen) atoms. The SMILES string of the molecule is COc1ccc(-c2nn3c(C)nnc3s2)cc1NC(=O)c1cccc(F)c1. The van der Waals surface area contributed by atoms with Crippen molar-refractivity contribution >= 4 is 27.9 Å². The summed E-state index contributed by atoms with van der Waals surface area (Å²) >= 11 is 1.39. The number of carbonyl (C=O) groups is 1. The minimum atomic E-state index is -0.474. The van der Waals surface area contributed by atoms with Gasteiger partial charge in [0.25, 0.3) is 5.91 Å². The van der Waals surface area contributed by atoms with Crippen LogP contribution in [0.4, 0.5) is 10.1 Å².